The quantitative estimate of drug-likeness (QED) is 0.656. The van der Waals surface area contributed by atoms with E-state index >= 15 is 0 Å². The Morgan fingerprint density at radius 3 is 2.42 bits per heavy atom. The van der Waals surface area contributed by atoms with Crippen molar-refractivity contribution in [3.63, 3.8) is 0 Å². The molecule has 0 aromatic heterocycles. The van der Waals surface area contributed by atoms with Gasteiger partial charge >= 0.3 is 0 Å². The number of amides is 2. The Labute approximate surface area is 196 Å². The smallest absolute Gasteiger partial charge is 0.270 e. The number of carbonyl (C=O) groups excluding carboxylic acids is 2. The van der Waals surface area contributed by atoms with Crippen molar-refractivity contribution in [1.82, 2.24) is 9.21 Å². The number of piperazine rings is 1. The lowest BCUT2D eigenvalue weighted by Gasteiger charge is -2.35. The zero-order chi connectivity index (χ0) is 23.8. The molecule has 2 heterocycles. The van der Waals surface area contributed by atoms with E-state index < -0.39 is 15.8 Å². The van der Waals surface area contributed by atoms with Gasteiger partial charge in [0.1, 0.15) is 16.4 Å². The summed E-state index contributed by atoms with van der Waals surface area (Å²) in [6.07, 6.45) is 0.319. The summed E-state index contributed by atoms with van der Waals surface area (Å²) in [5.41, 5.74) is 1.55. The van der Waals surface area contributed by atoms with E-state index in [9.17, 15) is 22.4 Å². The number of halogens is 2. The van der Waals surface area contributed by atoms with Crippen LogP contribution in [0.5, 0.6) is 0 Å². The van der Waals surface area contributed by atoms with Crippen molar-refractivity contribution in [2.24, 2.45) is 5.10 Å². The number of anilines is 1. The molecule has 0 aliphatic carbocycles. The van der Waals surface area contributed by atoms with E-state index in [1.165, 1.54) is 32.4 Å². The third-order valence-electron chi connectivity index (χ3n) is 5.66. The Hall–Kier alpha value is -2.82. The second-order valence-electron chi connectivity index (χ2n) is 7.81. The lowest BCUT2D eigenvalue weighted by atomic mass is 10.1. The number of hydrogen-bond donors (Lipinski definition) is 0. The number of sulfonamides is 1. The first-order valence-corrected chi connectivity index (χ1v) is 12.2. The summed E-state index contributed by atoms with van der Waals surface area (Å²) in [4.78, 5) is 26.6. The Morgan fingerprint density at radius 1 is 1.06 bits per heavy atom. The highest BCUT2D eigenvalue weighted by molar-refractivity contribution is 7.89. The lowest BCUT2D eigenvalue weighted by molar-refractivity contribution is -0.125. The second kappa shape index (κ2) is 9.20. The van der Waals surface area contributed by atoms with E-state index in [0.717, 1.165) is 11.6 Å². The minimum atomic E-state index is -4.00. The SMILES string of the molecule is Cc1ccc(N2N=C(C(=O)N3CCN(S(=O)(=O)c4ccccc4F)CC3)CCC2=O)cc1Cl. The maximum absolute atomic E-state index is 14.0. The first kappa shape index (κ1) is 23.3. The summed E-state index contributed by atoms with van der Waals surface area (Å²) in [6, 6.07) is 10.3. The molecule has 33 heavy (non-hydrogen) atoms. The van der Waals surface area contributed by atoms with Crippen LogP contribution in [0, 0.1) is 12.7 Å². The molecule has 2 aliphatic rings. The van der Waals surface area contributed by atoms with Gasteiger partial charge in [-0.25, -0.2) is 17.8 Å². The van der Waals surface area contributed by atoms with E-state index in [4.69, 9.17) is 11.6 Å². The van der Waals surface area contributed by atoms with Gasteiger partial charge in [-0.1, -0.05) is 29.8 Å². The van der Waals surface area contributed by atoms with Gasteiger partial charge in [0.2, 0.25) is 15.9 Å². The van der Waals surface area contributed by atoms with Crippen LogP contribution < -0.4 is 5.01 Å². The van der Waals surface area contributed by atoms with Crippen LogP contribution >= 0.6 is 11.6 Å². The van der Waals surface area contributed by atoms with Crippen LogP contribution in [-0.4, -0.2) is 61.3 Å². The Balaban J connectivity index is 1.47. The molecule has 1 fully saturated rings. The second-order valence-corrected chi connectivity index (χ2v) is 10.1. The molecule has 2 aliphatic heterocycles. The zero-order valence-corrected chi connectivity index (χ0v) is 19.4. The normalized spacial score (nSPS) is 17.8. The fourth-order valence-corrected chi connectivity index (χ4v) is 5.39. The highest BCUT2D eigenvalue weighted by Crippen LogP contribution is 2.27. The Kier molecular flexibility index (Phi) is 6.51. The molecule has 2 aromatic carbocycles. The molecule has 0 radical (unpaired) electrons. The van der Waals surface area contributed by atoms with Crippen LogP contribution in [0.4, 0.5) is 10.1 Å². The molecule has 0 bridgehead atoms. The van der Waals surface area contributed by atoms with Crippen molar-refractivity contribution in [2.45, 2.75) is 24.7 Å². The summed E-state index contributed by atoms with van der Waals surface area (Å²) in [5, 5.41) is 5.94. The zero-order valence-electron chi connectivity index (χ0n) is 17.9. The third kappa shape index (κ3) is 4.64. The van der Waals surface area contributed by atoms with Gasteiger partial charge in [0.05, 0.1) is 5.69 Å². The average molecular weight is 493 g/mol. The van der Waals surface area contributed by atoms with E-state index in [1.54, 1.807) is 18.2 Å². The topological polar surface area (TPSA) is 90.4 Å². The van der Waals surface area contributed by atoms with Gasteiger partial charge in [0.15, 0.2) is 0 Å². The molecule has 2 aromatic rings. The van der Waals surface area contributed by atoms with Gasteiger partial charge < -0.3 is 4.90 Å². The van der Waals surface area contributed by atoms with Crippen LogP contribution in [0.3, 0.4) is 0 Å². The van der Waals surface area contributed by atoms with E-state index in [-0.39, 0.29) is 61.4 Å². The van der Waals surface area contributed by atoms with Gasteiger partial charge in [0, 0.05) is 44.0 Å². The minimum absolute atomic E-state index is 0.0336. The van der Waals surface area contributed by atoms with E-state index in [2.05, 4.69) is 5.10 Å². The largest absolute Gasteiger partial charge is 0.335 e. The molecule has 4 rings (SSSR count). The Morgan fingerprint density at radius 2 is 1.76 bits per heavy atom. The molecule has 0 saturated carbocycles. The lowest BCUT2D eigenvalue weighted by Crippen LogP contribution is -2.52. The van der Waals surface area contributed by atoms with Crippen molar-refractivity contribution < 1.29 is 22.4 Å². The van der Waals surface area contributed by atoms with Gasteiger partial charge in [-0.05, 0) is 36.8 Å². The first-order chi connectivity index (χ1) is 15.7. The summed E-state index contributed by atoms with van der Waals surface area (Å²) in [5.74, 6) is -1.41. The van der Waals surface area contributed by atoms with Crippen molar-refractivity contribution in [3.05, 3.63) is 58.9 Å². The molecule has 8 nitrogen and oxygen atoms in total. The summed E-state index contributed by atoms with van der Waals surface area (Å²) < 4.78 is 40.7. The molecule has 0 unspecified atom stereocenters. The van der Waals surface area contributed by atoms with Crippen molar-refractivity contribution >= 4 is 44.8 Å². The summed E-state index contributed by atoms with van der Waals surface area (Å²) in [6.45, 7) is 2.18. The average Bonchev–Trinajstić information content (AvgIpc) is 2.81. The minimum Gasteiger partial charge on any atom is -0.335 e. The molecule has 2 amide bonds. The predicted molar refractivity (Wildman–Crippen MR) is 122 cm³/mol. The maximum Gasteiger partial charge on any atom is 0.270 e. The molecule has 0 spiro atoms. The monoisotopic (exact) mass is 492 g/mol. The highest BCUT2D eigenvalue weighted by Gasteiger charge is 2.34. The molecular formula is C22H22ClFN4O4S. The fourth-order valence-electron chi connectivity index (χ4n) is 3.73. The number of benzene rings is 2. The molecule has 174 valence electrons. The van der Waals surface area contributed by atoms with Crippen molar-refractivity contribution in [1.29, 1.82) is 0 Å². The van der Waals surface area contributed by atoms with Crippen molar-refractivity contribution in [2.75, 3.05) is 31.2 Å². The van der Waals surface area contributed by atoms with Crippen LogP contribution in [-0.2, 0) is 19.6 Å². The van der Waals surface area contributed by atoms with E-state index in [1.807, 2.05) is 6.92 Å². The van der Waals surface area contributed by atoms with Gasteiger partial charge in [-0.3, -0.25) is 9.59 Å². The fraction of sp³-hybridized carbons (Fsp3) is 0.318. The van der Waals surface area contributed by atoms with E-state index in [0.29, 0.717) is 10.7 Å². The molecule has 0 atom stereocenters. The number of hydrazone groups is 1. The molecule has 0 N–H and O–H groups in total. The summed E-state index contributed by atoms with van der Waals surface area (Å²) >= 11 is 6.17. The van der Waals surface area contributed by atoms with Gasteiger partial charge in [-0.15, -0.1) is 0 Å². The number of hydrogen-bond acceptors (Lipinski definition) is 5. The van der Waals surface area contributed by atoms with Crippen LogP contribution in [0.25, 0.3) is 0 Å². The predicted octanol–water partition coefficient (Wildman–Crippen LogP) is 2.80. The maximum atomic E-state index is 14.0. The molecular weight excluding hydrogens is 471 g/mol. The number of aryl methyl sites for hydroxylation is 1. The number of nitrogens with zero attached hydrogens (tertiary/aromatic N) is 4. The van der Waals surface area contributed by atoms with Gasteiger partial charge in [0.25, 0.3) is 5.91 Å². The molecule has 11 heteroatoms. The highest BCUT2D eigenvalue weighted by atomic mass is 35.5. The Bertz CT molecular complexity index is 1240. The van der Waals surface area contributed by atoms with Gasteiger partial charge in [-0.2, -0.15) is 9.41 Å². The van der Waals surface area contributed by atoms with Crippen LogP contribution in [0.15, 0.2) is 52.5 Å². The number of rotatable bonds is 4. The summed E-state index contributed by atoms with van der Waals surface area (Å²) in [7, 11) is -4.00. The standard InChI is InChI=1S/C22H22ClFN4O4S/c1-15-6-7-16(14-17(15)23)28-21(29)9-8-19(25-28)22(30)26-10-12-27(13-11-26)33(31,32)20-5-3-2-4-18(20)24/h2-7,14H,8-13H2,1H3. The number of carbonyl (C=O) groups is 2. The van der Waals surface area contributed by atoms with Crippen molar-refractivity contribution in [3.8, 4) is 0 Å². The molecule has 1 saturated heterocycles. The van der Waals surface area contributed by atoms with Crippen LogP contribution in [0.2, 0.25) is 5.02 Å². The third-order valence-corrected chi connectivity index (χ3v) is 8.00. The van der Waals surface area contributed by atoms with Crippen LogP contribution in [0.1, 0.15) is 18.4 Å². The first-order valence-electron chi connectivity index (χ1n) is 10.4.